The molecule has 206 valence electrons. The molecular weight excluding hydrogens is 514 g/mol. The minimum absolute atomic E-state index is 0.937. The predicted octanol–water partition coefficient (Wildman–Crippen LogP) is 8.99. The minimum atomic E-state index is 0.937. The van der Waals surface area contributed by atoms with Crippen LogP contribution in [0, 0.1) is 6.92 Å². The van der Waals surface area contributed by atoms with Crippen LogP contribution < -0.4 is 0 Å². The topological polar surface area (TPSA) is 36.9 Å². The summed E-state index contributed by atoms with van der Waals surface area (Å²) in [5, 5.41) is 6.45. The molecule has 3 aromatic heterocycles. The molecule has 8 rings (SSSR count). The highest BCUT2D eigenvalue weighted by Gasteiger charge is 2.11. The summed E-state index contributed by atoms with van der Waals surface area (Å²) in [6, 6.07) is 38.9. The second kappa shape index (κ2) is 10.4. The van der Waals surface area contributed by atoms with Gasteiger partial charge >= 0.3 is 0 Å². The summed E-state index contributed by atoms with van der Waals surface area (Å²) in [5.41, 5.74) is 9.84. The smallest absolute Gasteiger partial charge is 0.206 e. The maximum absolute atomic E-state index is 5.71. The third-order valence-corrected chi connectivity index (χ3v) is 8.21. The Morgan fingerprint density at radius 3 is 2.12 bits per heavy atom. The normalized spacial score (nSPS) is 11.4. The molecule has 0 amide bonds. The summed E-state index contributed by atoms with van der Waals surface area (Å²) in [7, 11) is 6.14. The summed E-state index contributed by atoms with van der Waals surface area (Å²) in [5.74, 6) is 0.941. The van der Waals surface area contributed by atoms with Crippen LogP contribution in [0.4, 0.5) is 0 Å². The van der Waals surface area contributed by atoms with E-state index in [9.17, 15) is 0 Å². The minimum Gasteiger partial charge on any atom is -0.450 e. The maximum atomic E-state index is 5.71. The SMILES string of the molecule is Cc1c(C=[N+](C)C)oc2ccccc12.Cn1c2ccccc2c2ccc(Cc3ccc4[nH]c5ccccc5c4c3)cc21. The average molecular weight is 549 g/mol. The molecule has 0 aliphatic rings. The first kappa shape index (κ1) is 25.8. The lowest BCUT2D eigenvalue weighted by Gasteiger charge is -2.05. The van der Waals surface area contributed by atoms with Crippen molar-refractivity contribution in [1.29, 1.82) is 0 Å². The Labute approximate surface area is 245 Å². The number of fused-ring (bicyclic) bond motifs is 7. The van der Waals surface area contributed by atoms with Crippen LogP contribution in [0.15, 0.2) is 114 Å². The maximum Gasteiger partial charge on any atom is 0.206 e. The van der Waals surface area contributed by atoms with Crippen molar-refractivity contribution in [2.24, 2.45) is 7.05 Å². The van der Waals surface area contributed by atoms with Gasteiger partial charge in [-0.25, -0.2) is 4.58 Å². The second-order valence-electron chi connectivity index (χ2n) is 11.3. The molecule has 8 aromatic rings. The largest absolute Gasteiger partial charge is 0.450 e. The van der Waals surface area contributed by atoms with Gasteiger partial charge in [0.25, 0.3) is 0 Å². The number of hydrogen-bond acceptors (Lipinski definition) is 1. The van der Waals surface area contributed by atoms with Crippen LogP contribution in [-0.2, 0) is 13.5 Å². The average Bonchev–Trinajstić information content (AvgIpc) is 3.63. The third-order valence-electron chi connectivity index (χ3n) is 8.21. The molecule has 0 saturated heterocycles. The molecule has 4 heteroatoms. The van der Waals surface area contributed by atoms with Crippen molar-refractivity contribution in [3.05, 3.63) is 132 Å². The van der Waals surface area contributed by atoms with Gasteiger partial charge < -0.3 is 14.0 Å². The molecule has 0 saturated carbocycles. The Hall–Kier alpha value is -5.09. The monoisotopic (exact) mass is 548 g/mol. The quantitative estimate of drug-likeness (QED) is 0.174. The van der Waals surface area contributed by atoms with Gasteiger partial charge in [-0.15, -0.1) is 0 Å². The Morgan fingerprint density at radius 1 is 0.667 bits per heavy atom. The Morgan fingerprint density at radius 2 is 1.31 bits per heavy atom. The van der Waals surface area contributed by atoms with E-state index < -0.39 is 0 Å². The zero-order valence-electron chi connectivity index (χ0n) is 24.5. The molecule has 0 fully saturated rings. The Balaban J connectivity index is 0.000000174. The van der Waals surface area contributed by atoms with E-state index in [1.165, 1.54) is 65.7 Å². The molecule has 5 aromatic carbocycles. The van der Waals surface area contributed by atoms with Gasteiger partial charge in [0.2, 0.25) is 6.21 Å². The van der Waals surface area contributed by atoms with E-state index in [2.05, 4.69) is 115 Å². The molecule has 0 radical (unpaired) electrons. The molecule has 1 N–H and O–H groups in total. The number of aromatic nitrogens is 2. The van der Waals surface area contributed by atoms with E-state index in [1.54, 1.807) is 0 Å². The first-order valence-corrected chi connectivity index (χ1v) is 14.4. The van der Waals surface area contributed by atoms with Gasteiger partial charge in [-0.1, -0.05) is 72.8 Å². The number of H-pyrrole nitrogens is 1. The van der Waals surface area contributed by atoms with Gasteiger partial charge in [-0.3, -0.25) is 0 Å². The fourth-order valence-corrected chi connectivity index (χ4v) is 6.11. The number of furan rings is 1. The van der Waals surface area contributed by atoms with Crippen molar-refractivity contribution >= 4 is 60.8 Å². The molecule has 0 bridgehead atoms. The van der Waals surface area contributed by atoms with Gasteiger partial charge in [0.15, 0.2) is 5.76 Å². The van der Waals surface area contributed by atoms with E-state index in [0.29, 0.717) is 0 Å². The zero-order valence-corrected chi connectivity index (χ0v) is 24.5. The fraction of sp³-hybridized carbons (Fsp3) is 0.132. The number of aryl methyl sites for hydroxylation is 2. The summed E-state index contributed by atoms with van der Waals surface area (Å²) in [6.45, 7) is 2.08. The molecule has 42 heavy (non-hydrogen) atoms. The van der Waals surface area contributed by atoms with Crippen LogP contribution >= 0.6 is 0 Å². The first-order valence-electron chi connectivity index (χ1n) is 14.4. The number of aromatic amines is 1. The van der Waals surface area contributed by atoms with E-state index in [4.69, 9.17) is 4.42 Å². The van der Waals surface area contributed by atoms with E-state index in [1.807, 2.05) is 43.1 Å². The standard InChI is InChI=1S/C26H20N2.C12H14NO/c1-28-25-9-5-3-7-20(25)21-12-10-18(16-26(21)28)14-17-11-13-24-22(15-17)19-6-2-4-8-23(19)27-24;1-9-10-6-4-5-7-11(10)14-12(9)8-13(2)3/h2-13,15-16,27H,14H2,1H3;4-8H,1-3H3/q;+1. The van der Waals surface area contributed by atoms with E-state index in [0.717, 1.165) is 17.8 Å². The van der Waals surface area contributed by atoms with Gasteiger partial charge in [0.05, 0.1) is 0 Å². The molecule has 0 atom stereocenters. The lowest BCUT2D eigenvalue weighted by atomic mass is 10.0. The first-order chi connectivity index (χ1) is 20.5. The highest BCUT2D eigenvalue weighted by atomic mass is 16.3. The highest BCUT2D eigenvalue weighted by Crippen LogP contribution is 2.30. The van der Waals surface area contributed by atoms with E-state index >= 15 is 0 Å². The summed E-state index contributed by atoms with van der Waals surface area (Å²) < 4.78 is 10.0. The van der Waals surface area contributed by atoms with Gasteiger partial charge in [0, 0.05) is 61.6 Å². The number of nitrogens with zero attached hydrogens (tertiary/aromatic N) is 2. The van der Waals surface area contributed by atoms with Crippen molar-refractivity contribution in [1.82, 2.24) is 9.55 Å². The van der Waals surface area contributed by atoms with Crippen LogP contribution in [0.1, 0.15) is 22.5 Å². The molecule has 3 heterocycles. The van der Waals surface area contributed by atoms with E-state index in [-0.39, 0.29) is 0 Å². The Kier molecular flexibility index (Phi) is 6.39. The van der Waals surface area contributed by atoms with Crippen molar-refractivity contribution in [3.8, 4) is 0 Å². The van der Waals surface area contributed by atoms with Crippen molar-refractivity contribution in [2.45, 2.75) is 13.3 Å². The molecule has 0 aliphatic carbocycles. The third kappa shape index (κ3) is 4.55. The van der Waals surface area contributed by atoms with Gasteiger partial charge in [-0.05, 0) is 60.9 Å². The summed E-state index contributed by atoms with van der Waals surface area (Å²) >= 11 is 0. The lowest BCUT2D eigenvalue weighted by molar-refractivity contribution is -0.459. The molecule has 0 unspecified atom stereocenters. The molecule has 4 nitrogen and oxygen atoms in total. The predicted molar refractivity (Wildman–Crippen MR) is 177 cm³/mol. The number of hydrogen-bond donors (Lipinski definition) is 1. The van der Waals surface area contributed by atoms with Crippen LogP contribution in [0.25, 0.3) is 54.6 Å². The second-order valence-corrected chi connectivity index (χ2v) is 11.3. The number of para-hydroxylation sites is 3. The fourth-order valence-electron chi connectivity index (χ4n) is 6.11. The number of rotatable bonds is 3. The highest BCUT2D eigenvalue weighted by molar-refractivity contribution is 6.08. The summed E-state index contributed by atoms with van der Waals surface area (Å²) in [4.78, 5) is 3.51. The number of benzene rings is 5. The van der Waals surface area contributed by atoms with Crippen LogP contribution in [-0.4, -0.2) is 34.4 Å². The van der Waals surface area contributed by atoms with Crippen molar-refractivity contribution < 1.29 is 8.99 Å². The van der Waals surface area contributed by atoms with Crippen LogP contribution in [0.2, 0.25) is 0 Å². The summed E-state index contributed by atoms with van der Waals surface area (Å²) in [6.07, 6.45) is 2.93. The lowest BCUT2D eigenvalue weighted by Crippen LogP contribution is -1.99. The molecule has 0 aliphatic heterocycles. The molecular formula is C38H34N3O+. The van der Waals surface area contributed by atoms with Crippen molar-refractivity contribution in [2.75, 3.05) is 14.1 Å². The number of nitrogens with one attached hydrogen (secondary N) is 1. The molecule has 0 spiro atoms. The van der Waals surface area contributed by atoms with Gasteiger partial charge in [-0.2, -0.15) is 0 Å². The van der Waals surface area contributed by atoms with Gasteiger partial charge in [0.1, 0.15) is 19.7 Å². The van der Waals surface area contributed by atoms with Crippen LogP contribution in [0.5, 0.6) is 0 Å². The Bertz CT molecular complexity index is 2270. The van der Waals surface area contributed by atoms with Crippen LogP contribution in [0.3, 0.4) is 0 Å². The zero-order chi connectivity index (χ0) is 28.8. The van der Waals surface area contributed by atoms with Crippen molar-refractivity contribution in [3.63, 3.8) is 0 Å².